The Kier molecular flexibility index (Phi) is 4.95. The second-order valence-corrected chi connectivity index (χ2v) is 9.25. The summed E-state index contributed by atoms with van der Waals surface area (Å²) >= 11 is 1.57. The van der Waals surface area contributed by atoms with Gasteiger partial charge in [-0.15, -0.1) is 5.10 Å². The van der Waals surface area contributed by atoms with Crippen LogP contribution >= 0.6 is 11.3 Å². The highest BCUT2D eigenvalue weighted by Crippen LogP contribution is 2.35. The van der Waals surface area contributed by atoms with Gasteiger partial charge in [-0.2, -0.15) is 4.52 Å². The summed E-state index contributed by atoms with van der Waals surface area (Å²) in [6.07, 6.45) is 2.47. The molecule has 2 N–H and O–H groups in total. The summed E-state index contributed by atoms with van der Waals surface area (Å²) in [5.41, 5.74) is 2.61. The number of aromatic nitrogens is 3. The zero-order valence-electron chi connectivity index (χ0n) is 16.6. The van der Waals surface area contributed by atoms with Gasteiger partial charge in [0, 0.05) is 5.56 Å². The SMILES string of the molecule is Cc1nc2sc([C@@H](c3ccc(C(C)C)cc3)[NH+]3CCC(C)CC3)c(O)n2n1. The van der Waals surface area contributed by atoms with Gasteiger partial charge in [-0.25, -0.2) is 4.98 Å². The zero-order valence-corrected chi connectivity index (χ0v) is 17.4. The van der Waals surface area contributed by atoms with Crippen molar-refractivity contribution in [2.75, 3.05) is 13.1 Å². The van der Waals surface area contributed by atoms with Crippen LogP contribution in [0.5, 0.6) is 5.88 Å². The molecule has 1 aliphatic rings. The molecule has 0 amide bonds. The zero-order chi connectivity index (χ0) is 19.1. The van der Waals surface area contributed by atoms with Crippen LogP contribution in [0.2, 0.25) is 0 Å². The Bertz CT molecular complexity index is 920. The number of likely N-dealkylation sites (tertiary alicyclic amines) is 1. The molecule has 1 atom stereocenters. The number of nitrogens with zero attached hydrogens (tertiary/aromatic N) is 3. The second kappa shape index (κ2) is 7.24. The monoisotopic (exact) mass is 385 g/mol. The molecular weight excluding hydrogens is 356 g/mol. The molecule has 5 nitrogen and oxygen atoms in total. The van der Waals surface area contributed by atoms with Crippen molar-refractivity contribution in [2.45, 2.75) is 52.5 Å². The first-order valence-electron chi connectivity index (χ1n) is 9.93. The van der Waals surface area contributed by atoms with Crippen LogP contribution in [0, 0.1) is 12.8 Å². The number of hydrogen-bond donors (Lipinski definition) is 2. The lowest BCUT2D eigenvalue weighted by atomic mass is 9.94. The highest BCUT2D eigenvalue weighted by Gasteiger charge is 2.34. The molecule has 0 radical (unpaired) electrons. The van der Waals surface area contributed by atoms with E-state index in [0.29, 0.717) is 11.7 Å². The van der Waals surface area contributed by atoms with Gasteiger partial charge in [0.1, 0.15) is 10.7 Å². The van der Waals surface area contributed by atoms with Gasteiger partial charge in [0.15, 0.2) is 6.04 Å². The van der Waals surface area contributed by atoms with Crippen molar-refractivity contribution in [3.63, 3.8) is 0 Å². The van der Waals surface area contributed by atoms with Crippen LogP contribution in [0.25, 0.3) is 4.96 Å². The third kappa shape index (κ3) is 3.48. The number of nitrogens with one attached hydrogen (secondary N) is 1. The number of hydrogen-bond acceptors (Lipinski definition) is 4. The van der Waals surface area contributed by atoms with E-state index in [9.17, 15) is 5.11 Å². The molecule has 0 saturated carbocycles. The van der Waals surface area contributed by atoms with Crippen LogP contribution in [0.4, 0.5) is 0 Å². The van der Waals surface area contributed by atoms with Crippen LogP contribution in [0.3, 0.4) is 0 Å². The number of fused-ring (bicyclic) bond motifs is 1. The van der Waals surface area contributed by atoms with Crippen LogP contribution in [0.1, 0.15) is 67.4 Å². The Morgan fingerprint density at radius 1 is 1.15 bits per heavy atom. The first-order chi connectivity index (χ1) is 12.9. The van der Waals surface area contributed by atoms with Gasteiger partial charge in [0.25, 0.3) is 0 Å². The molecule has 1 aliphatic heterocycles. The summed E-state index contributed by atoms with van der Waals surface area (Å²) in [4.78, 5) is 7.75. The summed E-state index contributed by atoms with van der Waals surface area (Å²) in [6.45, 7) is 10.9. The van der Waals surface area contributed by atoms with Crippen LogP contribution < -0.4 is 4.90 Å². The predicted octanol–water partition coefficient (Wildman–Crippen LogP) is 3.33. The van der Waals surface area contributed by atoms with Crippen molar-refractivity contribution in [3.05, 3.63) is 46.1 Å². The van der Waals surface area contributed by atoms with Crippen LogP contribution in [0.15, 0.2) is 24.3 Å². The van der Waals surface area contributed by atoms with Gasteiger partial charge in [-0.3, -0.25) is 0 Å². The van der Waals surface area contributed by atoms with Crippen molar-refractivity contribution in [3.8, 4) is 5.88 Å². The fraction of sp³-hybridized carbons (Fsp3) is 0.524. The number of piperidine rings is 1. The average Bonchev–Trinajstić information content (AvgIpc) is 3.15. The Hall–Kier alpha value is -1.92. The molecule has 0 spiro atoms. The minimum Gasteiger partial charge on any atom is -0.492 e. The molecule has 27 heavy (non-hydrogen) atoms. The van der Waals surface area contributed by atoms with Crippen molar-refractivity contribution >= 4 is 16.3 Å². The fourth-order valence-corrected chi connectivity index (χ4v) is 5.29. The van der Waals surface area contributed by atoms with Crippen molar-refractivity contribution in [2.24, 2.45) is 5.92 Å². The maximum Gasteiger partial charge on any atom is 0.235 e. The molecule has 3 aromatic rings. The van der Waals surface area contributed by atoms with E-state index in [4.69, 9.17) is 0 Å². The van der Waals surface area contributed by atoms with Gasteiger partial charge in [-0.05, 0) is 37.2 Å². The summed E-state index contributed by atoms with van der Waals surface area (Å²) in [5.74, 6) is 2.25. The van der Waals surface area contributed by atoms with E-state index < -0.39 is 0 Å². The first-order valence-corrected chi connectivity index (χ1v) is 10.7. The minimum absolute atomic E-state index is 0.132. The maximum atomic E-state index is 10.9. The number of rotatable bonds is 4. The fourth-order valence-electron chi connectivity index (χ4n) is 4.10. The Balaban J connectivity index is 1.77. The van der Waals surface area contributed by atoms with Crippen LogP contribution in [-0.4, -0.2) is 32.8 Å². The molecule has 6 heteroatoms. The summed E-state index contributed by atoms with van der Waals surface area (Å²) in [6, 6.07) is 9.08. The van der Waals surface area contributed by atoms with E-state index in [1.165, 1.54) is 28.9 Å². The second-order valence-electron chi connectivity index (χ2n) is 8.24. The third-order valence-corrected chi connectivity index (χ3v) is 6.91. The van der Waals surface area contributed by atoms with E-state index in [1.807, 2.05) is 6.92 Å². The lowest BCUT2D eigenvalue weighted by Gasteiger charge is -2.33. The first kappa shape index (κ1) is 18.4. The van der Waals surface area contributed by atoms with E-state index in [0.717, 1.165) is 28.8 Å². The number of benzene rings is 1. The van der Waals surface area contributed by atoms with Crippen molar-refractivity contribution < 1.29 is 10.0 Å². The van der Waals surface area contributed by atoms with E-state index in [-0.39, 0.29) is 11.9 Å². The Morgan fingerprint density at radius 3 is 2.37 bits per heavy atom. The topological polar surface area (TPSA) is 54.9 Å². The quantitative estimate of drug-likeness (QED) is 0.724. The molecule has 2 aromatic heterocycles. The Morgan fingerprint density at radius 2 is 1.78 bits per heavy atom. The standard InChI is InChI=1S/C21H28N4OS/c1-13(2)16-5-7-17(8-6-16)18(24-11-9-14(3)10-12-24)19-20(26)25-21(27-19)22-15(4)23-25/h5-8,13-14,18,26H,9-12H2,1-4H3/p+1/t18-/m1/s1. The van der Waals surface area contributed by atoms with Crippen molar-refractivity contribution in [1.82, 2.24) is 14.6 Å². The highest BCUT2D eigenvalue weighted by molar-refractivity contribution is 7.17. The molecular formula is C21H29N4OS+. The smallest absolute Gasteiger partial charge is 0.235 e. The van der Waals surface area contributed by atoms with Gasteiger partial charge in [0.2, 0.25) is 10.8 Å². The largest absolute Gasteiger partial charge is 0.492 e. The number of aromatic hydroxyl groups is 1. The molecule has 4 rings (SSSR count). The molecule has 1 fully saturated rings. The highest BCUT2D eigenvalue weighted by atomic mass is 32.1. The summed E-state index contributed by atoms with van der Waals surface area (Å²) in [5, 5.41) is 15.3. The lowest BCUT2D eigenvalue weighted by molar-refractivity contribution is -0.931. The molecule has 0 unspecified atom stereocenters. The number of aryl methyl sites for hydroxylation is 1. The van der Waals surface area contributed by atoms with E-state index in [1.54, 1.807) is 15.9 Å². The molecule has 144 valence electrons. The summed E-state index contributed by atoms with van der Waals surface area (Å²) in [7, 11) is 0. The lowest BCUT2D eigenvalue weighted by Crippen LogP contribution is -3.13. The number of thiazole rings is 1. The van der Waals surface area contributed by atoms with Crippen molar-refractivity contribution in [1.29, 1.82) is 0 Å². The van der Waals surface area contributed by atoms with Gasteiger partial charge in [0.05, 0.1) is 13.1 Å². The minimum atomic E-state index is 0.132. The van der Waals surface area contributed by atoms with Crippen LogP contribution in [-0.2, 0) is 0 Å². The normalized spacial score (nSPS) is 21.8. The molecule has 0 bridgehead atoms. The van der Waals surface area contributed by atoms with E-state index >= 15 is 0 Å². The van der Waals surface area contributed by atoms with Gasteiger partial charge in [-0.1, -0.05) is 56.4 Å². The molecule has 3 heterocycles. The predicted molar refractivity (Wildman–Crippen MR) is 109 cm³/mol. The van der Waals surface area contributed by atoms with E-state index in [2.05, 4.69) is 55.1 Å². The molecule has 0 aliphatic carbocycles. The number of quaternary nitrogens is 1. The average molecular weight is 386 g/mol. The van der Waals surface area contributed by atoms with Gasteiger partial charge < -0.3 is 10.0 Å². The van der Waals surface area contributed by atoms with Gasteiger partial charge >= 0.3 is 0 Å². The third-order valence-electron chi connectivity index (χ3n) is 5.83. The maximum absolute atomic E-state index is 10.9. The molecule has 1 aromatic carbocycles. The molecule has 1 saturated heterocycles. The Labute approximate surface area is 164 Å². The summed E-state index contributed by atoms with van der Waals surface area (Å²) < 4.78 is 1.59.